The van der Waals surface area contributed by atoms with Gasteiger partial charge < -0.3 is 9.11 Å². The van der Waals surface area contributed by atoms with Crippen LogP contribution in [-0.4, -0.2) is 25.9 Å². The number of rotatable bonds is 4. The molecule has 0 fully saturated rings. The van der Waals surface area contributed by atoms with E-state index in [2.05, 4.69) is 0 Å². The predicted molar refractivity (Wildman–Crippen MR) is 79.7 cm³/mol. The molecule has 10 heteroatoms. The maximum Gasteiger partial charge on any atom is 1.00 e. The molecule has 0 aliphatic heterocycles. The molecule has 0 aliphatic rings. The molecule has 0 heterocycles. The van der Waals surface area contributed by atoms with E-state index in [1.165, 1.54) is 0 Å². The maximum atomic E-state index is 10.2. The van der Waals surface area contributed by atoms with E-state index in [1.54, 1.807) is 60.7 Å². The van der Waals surface area contributed by atoms with Gasteiger partial charge in [-0.15, -0.1) is 0 Å². The summed E-state index contributed by atoms with van der Waals surface area (Å²) in [4.78, 5) is 0. The third kappa shape index (κ3) is 14.6. The molecule has 2 aromatic carbocycles. The van der Waals surface area contributed by atoms with E-state index in [-0.39, 0.29) is 59.1 Å². The summed E-state index contributed by atoms with van der Waals surface area (Å²) in [6.07, 6.45) is 0. The molecule has 0 saturated carbocycles. The van der Waals surface area contributed by atoms with Gasteiger partial charge >= 0.3 is 59.1 Å². The molecule has 2 aromatic rings. The molecule has 2 rings (SSSR count). The van der Waals surface area contributed by atoms with Gasteiger partial charge in [0.05, 0.1) is 31.7 Å². The van der Waals surface area contributed by atoms with Gasteiger partial charge in [0.15, 0.2) is 0 Å². The molecule has 0 radical (unpaired) electrons. The molecule has 120 valence electrons. The van der Waals surface area contributed by atoms with Crippen LogP contribution in [0, 0.1) is 0 Å². The molecule has 0 amide bonds. The first kappa shape index (κ1) is 26.5. The molecule has 0 spiro atoms. The first-order valence-corrected chi connectivity index (χ1v) is 9.26. The van der Waals surface area contributed by atoms with Crippen LogP contribution in [0.2, 0.25) is 0 Å². The molecular weight excluding hydrogens is 374 g/mol. The van der Waals surface area contributed by atoms with E-state index in [0.717, 1.165) is 0 Å². The Morgan fingerprint density at radius 1 is 0.583 bits per heavy atom. The minimum atomic E-state index is -4.13. The van der Waals surface area contributed by atoms with Gasteiger partial charge in [-0.1, -0.05) is 60.7 Å². The summed E-state index contributed by atoms with van der Waals surface area (Å²) in [6, 6.07) is 16.7. The van der Waals surface area contributed by atoms with Crippen molar-refractivity contribution in [1.29, 1.82) is 0 Å². The van der Waals surface area contributed by atoms with Gasteiger partial charge in [0, 0.05) is 0 Å². The quantitative estimate of drug-likeness (QED) is 0.385. The Kier molecular flexibility index (Phi) is 13.9. The number of hydrogen-bond acceptors (Lipinski definition) is 6. The van der Waals surface area contributed by atoms with E-state index < -0.39 is 31.7 Å². The normalized spacial score (nSPS) is 10.4. The SMILES string of the molecule is O=S(=O)([O-])Cc1ccccc1.O=S(=O)([O-])Cc1ccccc1.[Na+].[Na+]. The van der Waals surface area contributed by atoms with Gasteiger partial charge in [0.25, 0.3) is 0 Å². The summed E-state index contributed by atoms with van der Waals surface area (Å²) in [5.74, 6) is -0.846. The van der Waals surface area contributed by atoms with Gasteiger partial charge in [-0.3, -0.25) is 0 Å². The van der Waals surface area contributed by atoms with Crippen molar-refractivity contribution >= 4 is 20.2 Å². The average molecular weight is 388 g/mol. The van der Waals surface area contributed by atoms with Crippen molar-refractivity contribution in [1.82, 2.24) is 0 Å². The third-order valence-electron chi connectivity index (χ3n) is 2.37. The van der Waals surface area contributed by atoms with Crippen molar-refractivity contribution in [3.63, 3.8) is 0 Å². The van der Waals surface area contributed by atoms with Crippen LogP contribution in [0.15, 0.2) is 60.7 Å². The second kappa shape index (κ2) is 12.6. The van der Waals surface area contributed by atoms with Crippen LogP contribution in [0.1, 0.15) is 11.1 Å². The number of benzene rings is 2. The van der Waals surface area contributed by atoms with Crippen LogP contribution in [-0.2, 0) is 31.7 Å². The van der Waals surface area contributed by atoms with Crippen LogP contribution in [0.25, 0.3) is 0 Å². The van der Waals surface area contributed by atoms with Gasteiger partial charge in [-0.2, -0.15) is 0 Å². The molecule has 0 aliphatic carbocycles. The summed E-state index contributed by atoms with van der Waals surface area (Å²) in [7, 11) is -8.25. The second-order valence-corrected chi connectivity index (χ2v) is 7.18. The van der Waals surface area contributed by atoms with Gasteiger partial charge in [0.1, 0.15) is 0 Å². The Labute approximate surface area is 186 Å². The first-order chi connectivity index (χ1) is 10.2. The minimum Gasteiger partial charge on any atom is -0.748 e. The summed E-state index contributed by atoms with van der Waals surface area (Å²) in [6.45, 7) is 0. The molecule has 0 bridgehead atoms. The Balaban J connectivity index is 0. The molecule has 0 unspecified atom stereocenters. The van der Waals surface area contributed by atoms with Crippen molar-refractivity contribution in [2.24, 2.45) is 0 Å². The van der Waals surface area contributed by atoms with Crippen LogP contribution in [0.5, 0.6) is 0 Å². The zero-order valence-corrected chi connectivity index (χ0v) is 19.1. The molecule has 0 atom stereocenters. The maximum absolute atomic E-state index is 10.2. The topological polar surface area (TPSA) is 114 Å². The summed E-state index contributed by atoms with van der Waals surface area (Å²) >= 11 is 0. The fourth-order valence-corrected chi connectivity index (χ4v) is 2.76. The average Bonchev–Trinajstić information content (AvgIpc) is 2.38. The monoisotopic (exact) mass is 388 g/mol. The first-order valence-electron chi connectivity index (χ1n) is 6.11. The van der Waals surface area contributed by atoms with Gasteiger partial charge in [-0.05, 0) is 11.1 Å². The molecule has 24 heavy (non-hydrogen) atoms. The van der Waals surface area contributed by atoms with Crippen molar-refractivity contribution in [3.05, 3.63) is 71.8 Å². The van der Waals surface area contributed by atoms with E-state index in [4.69, 9.17) is 0 Å². The Morgan fingerprint density at radius 2 is 0.833 bits per heavy atom. The number of hydrogen-bond donors (Lipinski definition) is 0. The molecule has 0 N–H and O–H groups in total. The van der Waals surface area contributed by atoms with Crippen LogP contribution in [0.3, 0.4) is 0 Å². The van der Waals surface area contributed by atoms with Crippen LogP contribution in [0.4, 0.5) is 0 Å². The smallest absolute Gasteiger partial charge is 0.748 e. The third-order valence-corrected chi connectivity index (χ3v) is 3.75. The van der Waals surface area contributed by atoms with Crippen LogP contribution >= 0.6 is 0 Å². The molecule has 0 saturated heterocycles. The van der Waals surface area contributed by atoms with Crippen LogP contribution < -0.4 is 59.1 Å². The minimum absolute atomic E-state index is 0. The zero-order valence-electron chi connectivity index (χ0n) is 13.5. The molecular formula is C14H14Na2O6S2. The second-order valence-electron chi connectivity index (χ2n) is 4.38. The fourth-order valence-electron chi connectivity index (χ4n) is 1.56. The predicted octanol–water partition coefficient (Wildman–Crippen LogP) is -4.53. The summed E-state index contributed by atoms with van der Waals surface area (Å²) in [5, 5.41) is 0. The van der Waals surface area contributed by atoms with E-state index in [1.807, 2.05) is 0 Å². The van der Waals surface area contributed by atoms with Crippen molar-refractivity contribution in [2.45, 2.75) is 11.5 Å². The molecule has 0 aromatic heterocycles. The summed E-state index contributed by atoms with van der Waals surface area (Å²) < 4.78 is 61.5. The van der Waals surface area contributed by atoms with E-state index in [0.29, 0.717) is 11.1 Å². The van der Waals surface area contributed by atoms with E-state index in [9.17, 15) is 25.9 Å². The fraction of sp³-hybridized carbons (Fsp3) is 0.143. The van der Waals surface area contributed by atoms with Crippen molar-refractivity contribution in [3.8, 4) is 0 Å². The Morgan fingerprint density at radius 3 is 1.04 bits per heavy atom. The Bertz CT molecular complexity index is 709. The van der Waals surface area contributed by atoms with Crippen molar-refractivity contribution in [2.75, 3.05) is 0 Å². The summed E-state index contributed by atoms with van der Waals surface area (Å²) in [5.41, 5.74) is 1.06. The zero-order chi connectivity index (χ0) is 16.6. The van der Waals surface area contributed by atoms with Gasteiger partial charge in [-0.25, -0.2) is 16.8 Å². The van der Waals surface area contributed by atoms with Crippen molar-refractivity contribution < 1.29 is 85.1 Å². The molecule has 6 nitrogen and oxygen atoms in total. The van der Waals surface area contributed by atoms with E-state index >= 15 is 0 Å². The van der Waals surface area contributed by atoms with Gasteiger partial charge in [0.2, 0.25) is 0 Å². The largest absolute Gasteiger partial charge is 1.00 e. The Hall–Kier alpha value is 0.260. The standard InChI is InChI=1S/2C7H8O3S.2Na/c2*8-11(9,10)6-7-4-2-1-3-5-7;;/h2*1-5H,6H2,(H,8,9,10);;/q;;2*+1/p-2.